The van der Waals surface area contributed by atoms with Crippen LogP contribution in [0.5, 0.6) is 0 Å². The number of carboxylic acid groups (broad SMARTS) is 1. The summed E-state index contributed by atoms with van der Waals surface area (Å²) in [6.45, 7) is 6.07. The molecule has 1 aliphatic rings. The molecule has 0 saturated carbocycles. The van der Waals surface area contributed by atoms with Gasteiger partial charge in [-0.2, -0.15) is 0 Å². The Morgan fingerprint density at radius 3 is 2.45 bits per heavy atom. The second-order valence-electron chi connectivity index (χ2n) is 3.78. The fraction of sp³-hybridized carbons (Fsp3) is 0.667. The molecule has 2 heteroatoms. The zero-order valence-corrected chi connectivity index (χ0v) is 7.22. The van der Waals surface area contributed by atoms with Crippen LogP contribution in [0.4, 0.5) is 0 Å². The van der Waals surface area contributed by atoms with Crippen molar-refractivity contribution in [2.45, 2.75) is 27.2 Å². The second kappa shape index (κ2) is 2.36. The first kappa shape index (κ1) is 8.31. The normalized spacial score (nSPS) is 28.3. The van der Waals surface area contributed by atoms with E-state index < -0.39 is 5.97 Å². The van der Waals surface area contributed by atoms with Gasteiger partial charge in [0.2, 0.25) is 0 Å². The molecular formula is C9H14O2. The van der Waals surface area contributed by atoms with Gasteiger partial charge in [-0.25, -0.2) is 4.79 Å². The first-order chi connectivity index (χ1) is 4.96. The molecule has 0 aromatic heterocycles. The standard InChI is InChI=1S/C9H14O2/c1-6-4-5-7(8(10)11)9(6,2)3/h5-6H,4H2,1-3H3,(H,10,11). The SMILES string of the molecule is CC1CC=C(C(=O)O)C1(C)C. The number of aliphatic carboxylic acids is 1. The molecule has 0 heterocycles. The largest absolute Gasteiger partial charge is 0.478 e. The second-order valence-corrected chi connectivity index (χ2v) is 3.78. The molecule has 0 saturated heterocycles. The van der Waals surface area contributed by atoms with Crippen LogP contribution < -0.4 is 0 Å². The third-order valence-electron chi connectivity index (χ3n) is 2.83. The predicted octanol–water partition coefficient (Wildman–Crippen LogP) is 2.06. The molecule has 11 heavy (non-hydrogen) atoms. The van der Waals surface area contributed by atoms with Gasteiger partial charge in [0.05, 0.1) is 0 Å². The maximum atomic E-state index is 10.7. The van der Waals surface area contributed by atoms with Gasteiger partial charge in [-0.15, -0.1) is 0 Å². The summed E-state index contributed by atoms with van der Waals surface area (Å²) in [4.78, 5) is 10.7. The highest BCUT2D eigenvalue weighted by Crippen LogP contribution is 2.42. The number of rotatable bonds is 1. The van der Waals surface area contributed by atoms with Crippen LogP contribution in [0.1, 0.15) is 27.2 Å². The molecule has 0 fully saturated rings. The molecule has 1 N–H and O–H groups in total. The molecule has 2 nitrogen and oxygen atoms in total. The summed E-state index contributed by atoms with van der Waals surface area (Å²) in [5, 5.41) is 8.80. The lowest BCUT2D eigenvalue weighted by molar-refractivity contribution is -0.133. The predicted molar refractivity (Wildman–Crippen MR) is 43.3 cm³/mol. The van der Waals surface area contributed by atoms with Crippen LogP contribution in [0.3, 0.4) is 0 Å². The van der Waals surface area contributed by atoms with Gasteiger partial charge in [0.15, 0.2) is 0 Å². The Kier molecular flexibility index (Phi) is 1.78. The Morgan fingerprint density at radius 2 is 2.27 bits per heavy atom. The average Bonchev–Trinajstić information content (AvgIpc) is 2.08. The van der Waals surface area contributed by atoms with E-state index in [-0.39, 0.29) is 5.41 Å². The van der Waals surface area contributed by atoms with Gasteiger partial charge in [-0.05, 0) is 17.8 Å². The van der Waals surface area contributed by atoms with Crippen molar-refractivity contribution in [1.82, 2.24) is 0 Å². The van der Waals surface area contributed by atoms with Gasteiger partial charge in [-0.3, -0.25) is 0 Å². The van der Waals surface area contributed by atoms with Crippen LogP contribution in [0.2, 0.25) is 0 Å². The molecule has 62 valence electrons. The van der Waals surface area contributed by atoms with E-state index in [4.69, 9.17) is 5.11 Å². The minimum atomic E-state index is -0.764. The van der Waals surface area contributed by atoms with Crippen molar-refractivity contribution < 1.29 is 9.90 Å². The van der Waals surface area contributed by atoms with E-state index in [9.17, 15) is 4.79 Å². The van der Waals surface area contributed by atoms with Crippen molar-refractivity contribution in [3.63, 3.8) is 0 Å². The topological polar surface area (TPSA) is 37.3 Å². The van der Waals surface area contributed by atoms with Crippen molar-refractivity contribution in [1.29, 1.82) is 0 Å². The molecule has 0 bridgehead atoms. The Bertz CT molecular complexity index is 214. The maximum Gasteiger partial charge on any atom is 0.331 e. The molecule has 0 aromatic rings. The van der Waals surface area contributed by atoms with Gasteiger partial charge in [0.25, 0.3) is 0 Å². The zero-order chi connectivity index (χ0) is 8.65. The molecule has 0 spiro atoms. The lowest BCUT2D eigenvalue weighted by Gasteiger charge is -2.25. The highest BCUT2D eigenvalue weighted by molar-refractivity contribution is 5.88. The molecule has 0 radical (unpaired) electrons. The van der Waals surface area contributed by atoms with Gasteiger partial charge < -0.3 is 5.11 Å². The summed E-state index contributed by atoms with van der Waals surface area (Å²) in [7, 11) is 0. The zero-order valence-electron chi connectivity index (χ0n) is 7.22. The summed E-state index contributed by atoms with van der Waals surface area (Å²) in [6.07, 6.45) is 2.74. The summed E-state index contributed by atoms with van der Waals surface area (Å²) in [5.74, 6) is -0.312. The molecule has 1 unspecified atom stereocenters. The third kappa shape index (κ3) is 1.17. The minimum Gasteiger partial charge on any atom is -0.478 e. The number of carbonyl (C=O) groups is 1. The van der Waals surface area contributed by atoms with E-state index in [1.807, 2.05) is 19.9 Å². The molecular weight excluding hydrogens is 140 g/mol. The van der Waals surface area contributed by atoms with Crippen LogP contribution in [0.15, 0.2) is 11.6 Å². The molecule has 1 aliphatic carbocycles. The Hall–Kier alpha value is -0.790. The number of hydrogen-bond acceptors (Lipinski definition) is 1. The number of carboxylic acids is 1. The highest BCUT2D eigenvalue weighted by Gasteiger charge is 2.37. The fourth-order valence-electron chi connectivity index (χ4n) is 1.48. The van der Waals surface area contributed by atoms with Crippen LogP contribution >= 0.6 is 0 Å². The van der Waals surface area contributed by atoms with Crippen molar-refractivity contribution in [2.75, 3.05) is 0 Å². The monoisotopic (exact) mass is 154 g/mol. The van der Waals surface area contributed by atoms with Crippen molar-refractivity contribution in [3.05, 3.63) is 11.6 Å². The molecule has 0 aromatic carbocycles. The van der Waals surface area contributed by atoms with Gasteiger partial charge in [-0.1, -0.05) is 26.8 Å². The van der Waals surface area contributed by atoms with E-state index in [0.717, 1.165) is 6.42 Å². The van der Waals surface area contributed by atoms with Gasteiger partial charge in [0.1, 0.15) is 0 Å². The Morgan fingerprint density at radius 1 is 1.73 bits per heavy atom. The number of hydrogen-bond donors (Lipinski definition) is 1. The van der Waals surface area contributed by atoms with Crippen LogP contribution in [0.25, 0.3) is 0 Å². The van der Waals surface area contributed by atoms with Crippen LogP contribution in [-0.2, 0) is 4.79 Å². The molecule has 0 aliphatic heterocycles. The van der Waals surface area contributed by atoms with E-state index in [2.05, 4.69) is 6.92 Å². The summed E-state index contributed by atoms with van der Waals surface area (Å²) in [5.41, 5.74) is 0.427. The smallest absolute Gasteiger partial charge is 0.331 e. The average molecular weight is 154 g/mol. The molecule has 1 atom stereocenters. The van der Waals surface area contributed by atoms with Crippen molar-refractivity contribution in [3.8, 4) is 0 Å². The van der Waals surface area contributed by atoms with Crippen LogP contribution in [0, 0.1) is 11.3 Å². The van der Waals surface area contributed by atoms with Gasteiger partial charge in [0, 0.05) is 5.57 Å². The molecule has 1 rings (SSSR count). The van der Waals surface area contributed by atoms with Gasteiger partial charge >= 0.3 is 5.97 Å². The highest BCUT2D eigenvalue weighted by atomic mass is 16.4. The Labute approximate surface area is 66.9 Å². The van der Waals surface area contributed by atoms with Crippen LogP contribution in [-0.4, -0.2) is 11.1 Å². The molecule has 0 amide bonds. The first-order valence-electron chi connectivity index (χ1n) is 3.90. The fourth-order valence-corrected chi connectivity index (χ4v) is 1.48. The summed E-state index contributed by atoms with van der Waals surface area (Å²) >= 11 is 0. The summed E-state index contributed by atoms with van der Waals surface area (Å²) < 4.78 is 0. The Balaban J connectivity index is 2.92. The van der Waals surface area contributed by atoms with Crippen molar-refractivity contribution in [2.24, 2.45) is 11.3 Å². The third-order valence-corrected chi connectivity index (χ3v) is 2.83. The van der Waals surface area contributed by atoms with E-state index in [0.29, 0.717) is 11.5 Å². The van der Waals surface area contributed by atoms with Crippen molar-refractivity contribution >= 4 is 5.97 Å². The quantitative estimate of drug-likeness (QED) is 0.627. The summed E-state index contributed by atoms with van der Waals surface area (Å²) in [6, 6.07) is 0. The van der Waals surface area contributed by atoms with E-state index >= 15 is 0 Å². The maximum absolute atomic E-state index is 10.7. The first-order valence-corrected chi connectivity index (χ1v) is 3.90. The van der Waals surface area contributed by atoms with E-state index in [1.54, 1.807) is 0 Å². The van der Waals surface area contributed by atoms with E-state index in [1.165, 1.54) is 0 Å². The lowest BCUT2D eigenvalue weighted by Crippen LogP contribution is -2.23. The number of allylic oxidation sites excluding steroid dienone is 1. The lowest BCUT2D eigenvalue weighted by atomic mass is 9.78. The minimum absolute atomic E-state index is 0.147.